The Morgan fingerprint density at radius 1 is 1.11 bits per heavy atom. The van der Waals surface area contributed by atoms with Crippen LogP contribution in [0, 0.1) is 23.2 Å². The molecule has 10 heteroatoms. The maximum Gasteiger partial charge on any atom is 0.286 e. The van der Waals surface area contributed by atoms with Gasteiger partial charge in [0.2, 0.25) is 11.7 Å². The lowest BCUT2D eigenvalue weighted by Crippen LogP contribution is -2.52. The average molecular weight is 512 g/mol. The van der Waals surface area contributed by atoms with E-state index in [2.05, 4.69) is 20.8 Å². The molecule has 2 aromatic rings. The zero-order valence-electron chi connectivity index (χ0n) is 21.1. The number of nitrogens with zero attached hydrogens (tertiary/aromatic N) is 3. The van der Waals surface area contributed by atoms with Gasteiger partial charge in [0, 0.05) is 16.9 Å². The first-order valence-corrected chi connectivity index (χ1v) is 13.2. The van der Waals surface area contributed by atoms with Crippen molar-refractivity contribution >= 4 is 29.4 Å². The molecule has 0 bridgehead atoms. The predicted octanol–water partition coefficient (Wildman–Crippen LogP) is 4.14. The SMILES string of the molecule is CC(C)C[C@H](NC(=O)[C@@H]1CCCC[C@@H]1NC(=O)c1ccc(C#N)cc1)C(=O)c1nnc(SC(C)C)o1. The summed E-state index contributed by atoms with van der Waals surface area (Å²) in [5.41, 5.74) is 0.900. The summed E-state index contributed by atoms with van der Waals surface area (Å²) in [6.45, 7) is 7.92. The summed E-state index contributed by atoms with van der Waals surface area (Å²) in [6, 6.07) is 7.25. The van der Waals surface area contributed by atoms with Crippen LogP contribution < -0.4 is 10.6 Å². The Hall–Kier alpha value is -3.19. The Labute approximate surface area is 215 Å². The molecule has 9 nitrogen and oxygen atoms in total. The number of hydrogen-bond acceptors (Lipinski definition) is 8. The molecule has 0 unspecified atom stereocenters. The lowest BCUT2D eigenvalue weighted by Gasteiger charge is -2.32. The van der Waals surface area contributed by atoms with Crippen LogP contribution in [0.15, 0.2) is 33.9 Å². The maximum absolute atomic E-state index is 13.4. The van der Waals surface area contributed by atoms with Gasteiger partial charge in [0.15, 0.2) is 0 Å². The minimum absolute atomic E-state index is 0.113. The molecule has 0 aliphatic heterocycles. The van der Waals surface area contributed by atoms with Gasteiger partial charge in [0.05, 0.1) is 23.6 Å². The number of carbonyl (C=O) groups excluding carboxylic acids is 3. The van der Waals surface area contributed by atoms with Gasteiger partial charge in [-0.2, -0.15) is 5.26 Å². The Balaban J connectivity index is 1.71. The summed E-state index contributed by atoms with van der Waals surface area (Å²) in [6.07, 6.45) is 3.47. The van der Waals surface area contributed by atoms with Crippen LogP contribution in [0.1, 0.15) is 86.4 Å². The number of carbonyl (C=O) groups is 3. The van der Waals surface area contributed by atoms with E-state index >= 15 is 0 Å². The van der Waals surface area contributed by atoms with Crippen LogP contribution in [0.3, 0.4) is 0 Å². The molecule has 1 heterocycles. The highest BCUT2D eigenvalue weighted by Gasteiger charge is 2.35. The van der Waals surface area contributed by atoms with Crippen molar-refractivity contribution < 1.29 is 18.8 Å². The second-order valence-electron chi connectivity index (χ2n) is 9.75. The Kier molecular flexibility index (Phi) is 9.65. The number of nitriles is 1. The zero-order valence-corrected chi connectivity index (χ0v) is 21.9. The normalized spacial score (nSPS) is 18.5. The van der Waals surface area contributed by atoms with E-state index in [0.29, 0.717) is 35.6 Å². The molecule has 1 aromatic carbocycles. The molecule has 1 aliphatic rings. The smallest absolute Gasteiger partial charge is 0.286 e. The molecule has 1 saturated carbocycles. The van der Waals surface area contributed by atoms with Crippen LogP contribution in [0.5, 0.6) is 0 Å². The molecule has 2 N–H and O–H groups in total. The largest absolute Gasteiger partial charge is 0.408 e. The fourth-order valence-electron chi connectivity index (χ4n) is 4.25. The molecule has 3 rings (SSSR count). The van der Waals surface area contributed by atoms with E-state index in [1.807, 2.05) is 33.8 Å². The van der Waals surface area contributed by atoms with E-state index in [-0.39, 0.29) is 34.9 Å². The fourth-order valence-corrected chi connectivity index (χ4v) is 4.87. The quantitative estimate of drug-likeness (QED) is 0.358. The number of amides is 2. The third kappa shape index (κ3) is 7.40. The first-order valence-electron chi connectivity index (χ1n) is 12.3. The summed E-state index contributed by atoms with van der Waals surface area (Å²) in [7, 11) is 0. The average Bonchev–Trinajstić information content (AvgIpc) is 3.31. The van der Waals surface area contributed by atoms with Gasteiger partial charge >= 0.3 is 0 Å². The molecule has 0 radical (unpaired) electrons. The molecule has 0 saturated heterocycles. The van der Waals surface area contributed by atoms with Crippen molar-refractivity contribution in [1.29, 1.82) is 5.26 Å². The highest BCUT2D eigenvalue weighted by Crippen LogP contribution is 2.26. The van der Waals surface area contributed by atoms with Crippen molar-refractivity contribution in [3.05, 3.63) is 41.3 Å². The molecular formula is C26H33N5O4S. The van der Waals surface area contributed by atoms with Gasteiger partial charge in [0.1, 0.15) is 0 Å². The lowest BCUT2D eigenvalue weighted by molar-refractivity contribution is -0.127. The predicted molar refractivity (Wildman–Crippen MR) is 135 cm³/mol. The van der Waals surface area contributed by atoms with Crippen LogP contribution in [0.4, 0.5) is 0 Å². The van der Waals surface area contributed by atoms with Crippen LogP contribution in [0.2, 0.25) is 0 Å². The van der Waals surface area contributed by atoms with Gasteiger partial charge in [0.25, 0.3) is 17.0 Å². The summed E-state index contributed by atoms with van der Waals surface area (Å²) in [5, 5.41) is 23.3. The van der Waals surface area contributed by atoms with Gasteiger partial charge < -0.3 is 15.1 Å². The van der Waals surface area contributed by atoms with Crippen LogP contribution in [0.25, 0.3) is 0 Å². The minimum Gasteiger partial charge on any atom is -0.408 e. The second kappa shape index (κ2) is 12.7. The molecule has 3 atom stereocenters. The van der Waals surface area contributed by atoms with E-state index < -0.39 is 17.7 Å². The topological polar surface area (TPSA) is 138 Å². The lowest BCUT2D eigenvalue weighted by atomic mass is 9.83. The van der Waals surface area contributed by atoms with Gasteiger partial charge in [-0.25, -0.2) is 0 Å². The molecule has 0 spiro atoms. The van der Waals surface area contributed by atoms with Gasteiger partial charge in [-0.3, -0.25) is 14.4 Å². The molecular weight excluding hydrogens is 478 g/mol. The van der Waals surface area contributed by atoms with E-state index in [0.717, 1.165) is 12.8 Å². The van der Waals surface area contributed by atoms with E-state index in [4.69, 9.17) is 9.68 Å². The van der Waals surface area contributed by atoms with E-state index in [1.165, 1.54) is 11.8 Å². The summed E-state index contributed by atoms with van der Waals surface area (Å²) in [5.74, 6) is -1.40. The number of nitrogens with one attached hydrogen (secondary N) is 2. The molecule has 192 valence electrons. The molecule has 1 aliphatic carbocycles. The van der Waals surface area contributed by atoms with Crippen molar-refractivity contribution in [3.8, 4) is 6.07 Å². The molecule has 1 aromatic heterocycles. The van der Waals surface area contributed by atoms with Crippen LogP contribution in [-0.4, -0.2) is 45.1 Å². The first kappa shape index (κ1) is 27.4. The van der Waals surface area contributed by atoms with Gasteiger partial charge in [-0.05, 0) is 49.4 Å². The van der Waals surface area contributed by atoms with E-state index in [9.17, 15) is 14.4 Å². The Bertz CT molecular complexity index is 1110. The highest BCUT2D eigenvalue weighted by molar-refractivity contribution is 7.99. The van der Waals surface area contributed by atoms with Crippen LogP contribution in [-0.2, 0) is 4.79 Å². The maximum atomic E-state index is 13.4. The van der Waals surface area contributed by atoms with Gasteiger partial charge in [-0.1, -0.05) is 52.3 Å². The van der Waals surface area contributed by atoms with Crippen molar-refractivity contribution in [3.63, 3.8) is 0 Å². The number of aromatic nitrogens is 2. The first-order chi connectivity index (χ1) is 17.2. The van der Waals surface area contributed by atoms with Crippen LogP contribution >= 0.6 is 11.8 Å². The monoisotopic (exact) mass is 511 g/mol. The standard InChI is InChI=1S/C26H33N5O4S/c1-15(2)13-21(22(32)25-30-31-26(35-25)36-16(3)4)29-24(34)19-7-5-6-8-20(19)28-23(33)18-11-9-17(14-27)10-12-18/h9-12,15-16,19-21H,5-8,13H2,1-4H3,(H,28,33)(H,29,34)/t19-,20+,21+/m1/s1. The Morgan fingerprint density at radius 3 is 2.44 bits per heavy atom. The second-order valence-corrected chi connectivity index (χ2v) is 11.3. The van der Waals surface area contributed by atoms with E-state index in [1.54, 1.807) is 24.3 Å². The molecule has 36 heavy (non-hydrogen) atoms. The van der Waals surface area contributed by atoms with Crippen molar-refractivity contribution in [1.82, 2.24) is 20.8 Å². The Morgan fingerprint density at radius 2 is 1.81 bits per heavy atom. The number of ketones is 1. The van der Waals surface area contributed by atoms with Crippen molar-refractivity contribution in [2.24, 2.45) is 11.8 Å². The number of rotatable bonds is 10. The summed E-state index contributed by atoms with van der Waals surface area (Å²) < 4.78 is 5.55. The molecule has 2 amide bonds. The zero-order chi connectivity index (χ0) is 26.2. The number of hydrogen-bond donors (Lipinski definition) is 2. The number of benzene rings is 1. The molecule has 1 fully saturated rings. The van der Waals surface area contributed by atoms with Crippen molar-refractivity contribution in [2.75, 3.05) is 0 Å². The fraction of sp³-hybridized carbons (Fsp3) is 0.538. The third-order valence-electron chi connectivity index (χ3n) is 5.99. The van der Waals surface area contributed by atoms with Gasteiger partial charge in [-0.15, -0.1) is 10.2 Å². The summed E-state index contributed by atoms with van der Waals surface area (Å²) in [4.78, 5) is 39.4. The number of Topliss-reactive ketones (excluding diaryl/α,β-unsaturated/α-hetero) is 1. The summed E-state index contributed by atoms with van der Waals surface area (Å²) >= 11 is 1.37. The third-order valence-corrected chi connectivity index (χ3v) is 6.83. The minimum atomic E-state index is -0.799. The highest BCUT2D eigenvalue weighted by atomic mass is 32.2. The number of thioether (sulfide) groups is 1. The van der Waals surface area contributed by atoms with Crippen molar-refractivity contribution in [2.45, 2.75) is 82.4 Å².